The van der Waals surface area contributed by atoms with Crippen LogP contribution in [0.5, 0.6) is 0 Å². The maximum Gasteiger partial charge on any atom is 0.236 e. The van der Waals surface area contributed by atoms with Gasteiger partial charge in [-0.25, -0.2) is 4.98 Å². The van der Waals surface area contributed by atoms with Crippen LogP contribution >= 0.6 is 0 Å². The minimum absolute atomic E-state index is 0.210. The van der Waals surface area contributed by atoms with Crippen LogP contribution in [-0.2, 0) is 4.79 Å². The molecule has 0 spiro atoms. The normalized spacial score (nSPS) is 25.1. The standard InChI is InChI=1S/C19H25N5O/c1-14-3-2-8-24(14)19(25)13-21-17-6-4-15(9-17)11-22-18-7-5-16(10-20)12-23-18/h4-7,12,14-15,17,21H,2-3,8-9,11,13H2,1H3,(H,22,23)/t14-,15?,17?/m1/s1. The summed E-state index contributed by atoms with van der Waals surface area (Å²) in [6.45, 7) is 4.23. The van der Waals surface area contributed by atoms with Gasteiger partial charge in [-0.1, -0.05) is 12.2 Å². The van der Waals surface area contributed by atoms with Gasteiger partial charge in [-0.3, -0.25) is 4.79 Å². The summed E-state index contributed by atoms with van der Waals surface area (Å²) in [5.41, 5.74) is 0.563. The van der Waals surface area contributed by atoms with E-state index < -0.39 is 0 Å². The number of nitrogens with zero attached hydrogens (tertiary/aromatic N) is 3. The molecule has 0 aromatic carbocycles. The van der Waals surface area contributed by atoms with Crippen molar-refractivity contribution < 1.29 is 4.79 Å². The SMILES string of the molecule is C[C@@H]1CCCN1C(=O)CNC1C=CC(CNc2ccc(C#N)cn2)C1. The molecule has 6 heteroatoms. The zero-order chi connectivity index (χ0) is 17.6. The second kappa shape index (κ2) is 8.13. The number of carbonyl (C=O) groups is 1. The number of carbonyl (C=O) groups excluding carboxylic acids is 1. The number of anilines is 1. The van der Waals surface area contributed by atoms with Crippen molar-refractivity contribution in [3.63, 3.8) is 0 Å². The lowest BCUT2D eigenvalue weighted by molar-refractivity contribution is -0.130. The van der Waals surface area contributed by atoms with Crippen molar-refractivity contribution in [2.75, 3.05) is 25.0 Å². The molecule has 2 unspecified atom stereocenters. The van der Waals surface area contributed by atoms with Crippen LogP contribution in [0.25, 0.3) is 0 Å². The lowest BCUT2D eigenvalue weighted by atomic mass is 10.1. The first-order valence-corrected chi connectivity index (χ1v) is 8.97. The van der Waals surface area contributed by atoms with Gasteiger partial charge in [0.1, 0.15) is 11.9 Å². The highest BCUT2D eigenvalue weighted by Crippen LogP contribution is 2.19. The molecule has 1 aromatic heterocycles. The first-order valence-electron chi connectivity index (χ1n) is 8.97. The van der Waals surface area contributed by atoms with Gasteiger partial charge < -0.3 is 15.5 Å². The number of likely N-dealkylation sites (tertiary alicyclic amines) is 1. The Morgan fingerprint density at radius 2 is 2.32 bits per heavy atom. The summed E-state index contributed by atoms with van der Waals surface area (Å²) in [4.78, 5) is 18.5. The zero-order valence-electron chi connectivity index (χ0n) is 14.6. The molecule has 2 heterocycles. The van der Waals surface area contributed by atoms with E-state index in [1.807, 2.05) is 11.0 Å². The molecular weight excluding hydrogens is 314 g/mol. The van der Waals surface area contributed by atoms with Crippen LogP contribution in [0.4, 0.5) is 5.82 Å². The predicted octanol–water partition coefficient (Wildman–Crippen LogP) is 1.91. The van der Waals surface area contributed by atoms with Crippen LogP contribution in [0.2, 0.25) is 0 Å². The number of hydrogen-bond donors (Lipinski definition) is 2. The minimum atomic E-state index is 0.210. The fourth-order valence-corrected chi connectivity index (χ4v) is 3.50. The Bertz CT molecular complexity index is 663. The van der Waals surface area contributed by atoms with E-state index in [2.05, 4.69) is 40.8 Å². The summed E-state index contributed by atoms with van der Waals surface area (Å²) < 4.78 is 0. The van der Waals surface area contributed by atoms with Crippen molar-refractivity contribution in [2.45, 2.75) is 38.3 Å². The average Bonchev–Trinajstić information content (AvgIpc) is 3.27. The maximum atomic E-state index is 12.3. The first-order chi connectivity index (χ1) is 12.2. The number of nitriles is 1. The molecule has 1 saturated heterocycles. The summed E-state index contributed by atoms with van der Waals surface area (Å²) in [6.07, 6.45) is 9.13. The summed E-state index contributed by atoms with van der Waals surface area (Å²) in [7, 11) is 0. The van der Waals surface area contributed by atoms with Crippen LogP contribution in [0.3, 0.4) is 0 Å². The van der Waals surface area contributed by atoms with Crippen LogP contribution in [0, 0.1) is 17.2 Å². The molecule has 25 heavy (non-hydrogen) atoms. The summed E-state index contributed by atoms with van der Waals surface area (Å²) in [5.74, 6) is 1.40. The Kier molecular flexibility index (Phi) is 5.67. The summed E-state index contributed by atoms with van der Waals surface area (Å²) in [6, 6.07) is 6.28. The Labute approximate surface area is 148 Å². The average molecular weight is 339 g/mol. The molecular formula is C19H25N5O. The van der Waals surface area contributed by atoms with Crippen molar-refractivity contribution >= 4 is 11.7 Å². The molecule has 1 aliphatic carbocycles. The minimum Gasteiger partial charge on any atom is -0.369 e. The topological polar surface area (TPSA) is 81.0 Å². The van der Waals surface area contributed by atoms with E-state index in [1.165, 1.54) is 0 Å². The highest BCUT2D eigenvalue weighted by molar-refractivity contribution is 5.78. The molecule has 0 saturated carbocycles. The van der Waals surface area contributed by atoms with E-state index in [0.717, 1.165) is 38.2 Å². The van der Waals surface area contributed by atoms with E-state index in [1.54, 1.807) is 12.3 Å². The molecule has 2 N–H and O–H groups in total. The Morgan fingerprint density at radius 3 is 3.00 bits per heavy atom. The quantitative estimate of drug-likeness (QED) is 0.774. The van der Waals surface area contributed by atoms with Gasteiger partial charge in [0.05, 0.1) is 12.1 Å². The van der Waals surface area contributed by atoms with Crippen LogP contribution in [0.1, 0.15) is 31.7 Å². The van der Waals surface area contributed by atoms with Crippen molar-refractivity contribution in [1.29, 1.82) is 5.26 Å². The molecule has 2 aliphatic rings. The van der Waals surface area contributed by atoms with E-state index in [0.29, 0.717) is 24.1 Å². The van der Waals surface area contributed by atoms with Gasteiger partial charge in [0, 0.05) is 31.4 Å². The number of aromatic nitrogens is 1. The number of nitrogens with one attached hydrogen (secondary N) is 2. The number of rotatable bonds is 6. The third kappa shape index (κ3) is 4.58. The van der Waals surface area contributed by atoms with Gasteiger partial charge in [0.2, 0.25) is 5.91 Å². The van der Waals surface area contributed by atoms with Crippen LogP contribution in [-0.4, -0.2) is 47.5 Å². The molecule has 0 radical (unpaired) electrons. The molecule has 1 fully saturated rings. The molecule has 3 atom stereocenters. The lowest BCUT2D eigenvalue weighted by Crippen LogP contribution is -2.42. The molecule has 132 valence electrons. The monoisotopic (exact) mass is 339 g/mol. The van der Waals surface area contributed by atoms with Gasteiger partial charge >= 0.3 is 0 Å². The molecule has 1 amide bonds. The first kappa shape index (κ1) is 17.4. The second-order valence-corrected chi connectivity index (χ2v) is 6.87. The fraction of sp³-hybridized carbons (Fsp3) is 0.526. The number of pyridine rings is 1. The largest absolute Gasteiger partial charge is 0.369 e. The third-order valence-electron chi connectivity index (χ3n) is 5.00. The Balaban J connectivity index is 1.38. The fourth-order valence-electron chi connectivity index (χ4n) is 3.50. The molecule has 6 nitrogen and oxygen atoms in total. The number of hydrogen-bond acceptors (Lipinski definition) is 5. The van der Waals surface area contributed by atoms with Crippen molar-refractivity contribution in [2.24, 2.45) is 5.92 Å². The Hall–Kier alpha value is -2.39. The van der Waals surface area contributed by atoms with Gasteiger partial charge in [-0.2, -0.15) is 5.26 Å². The number of amides is 1. The summed E-state index contributed by atoms with van der Waals surface area (Å²) >= 11 is 0. The van der Waals surface area contributed by atoms with Crippen molar-refractivity contribution in [1.82, 2.24) is 15.2 Å². The lowest BCUT2D eigenvalue weighted by Gasteiger charge is -2.22. The predicted molar refractivity (Wildman–Crippen MR) is 96.9 cm³/mol. The highest BCUT2D eigenvalue weighted by Gasteiger charge is 2.26. The van der Waals surface area contributed by atoms with Crippen LogP contribution in [0.15, 0.2) is 30.5 Å². The molecule has 3 rings (SSSR count). The third-order valence-corrected chi connectivity index (χ3v) is 5.00. The summed E-state index contributed by atoms with van der Waals surface area (Å²) in [5, 5.41) is 15.4. The van der Waals surface area contributed by atoms with Gasteiger partial charge in [-0.15, -0.1) is 0 Å². The highest BCUT2D eigenvalue weighted by atomic mass is 16.2. The van der Waals surface area contributed by atoms with E-state index in [9.17, 15) is 4.79 Å². The second-order valence-electron chi connectivity index (χ2n) is 6.87. The van der Waals surface area contributed by atoms with Gasteiger partial charge in [0.25, 0.3) is 0 Å². The van der Waals surface area contributed by atoms with E-state index in [-0.39, 0.29) is 11.9 Å². The molecule has 1 aliphatic heterocycles. The van der Waals surface area contributed by atoms with Gasteiger partial charge in [-0.05, 0) is 44.2 Å². The van der Waals surface area contributed by atoms with Crippen molar-refractivity contribution in [3.05, 3.63) is 36.0 Å². The smallest absolute Gasteiger partial charge is 0.236 e. The van der Waals surface area contributed by atoms with Crippen LogP contribution < -0.4 is 10.6 Å². The Morgan fingerprint density at radius 1 is 1.44 bits per heavy atom. The maximum absolute atomic E-state index is 12.3. The zero-order valence-corrected chi connectivity index (χ0v) is 14.6. The van der Waals surface area contributed by atoms with Crippen molar-refractivity contribution in [3.8, 4) is 6.07 Å². The van der Waals surface area contributed by atoms with E-state index in [4.69, 9.17) is 5.26 Å². The molecule has 0 bridgehead atoms. The van der Waals surface area contributed by atoms with E-state index >= 15 is 0 Å². The molecule has 1 aromatic rings. The van der Waals surface area contributed by atoms with Gasteiger partial charge in [0.15, 0.2) is 0 Å².